The van der Waals surface area contributed by atoms with Gasteiger partial charge in [0.1, 0.15) is 11.6 Å². The quantitative estimate of drug-likeness (QED) is 0.516. The zero-order chi connectivity index (χ0) is 21.7. The van der Waals surface area contributed by atoms with Gasteiger partial charge in [-0.1, -0.05) is 29.5 Å². The minimum absolute atomic E-state index is 0.102. The number of thioether (sulfide) groups is 1. The maximum absolute atomic E-state index is 13.1. The number of aryl methyl sites for hydroxylation is 2. The Bertz CT molecular complexity index is 1020. The highest BCUT2D eigenvalue weighted by Crippen LogP contribution is 2.25. The molecule has 2 aromatic carbocycles. The van der Waals surface area contributed by atoms with Gasteiger partial charge in [0.25, 0.3) is 0 Å². The molecule has 3 rings (SSSR count). The first-order valence-corrected chi connectivity index (χ1v) is 10.7. The summed E-state index contributed by atoms with van der Waals surface area (Å²) in [6, 6.07) is 11.8. The van der Waals surface area contributed by atoms with Crippen molar-refractivity contribution in [3.05, 3.63) is 65.2 Å². The number of hydrogen-bond acceptors (Lipinski definition) is 5. The molecule has 0 saturated carbocycles. The molecule has 0 bridgehead atoms. The minimum atomic E-state index is -0.374. The number of hydrogen-bond donors (Lipinski definition) is 1. The summed E-state index contributed by atoms with van der Waals surface area (Å²) in [5.74, 6) is 1.01. The number of benzene rings is 2. The fourth-order valence-electron chi connectivity index (χ4n) is 3.04. The average Bonchev–Trinajstić information content (AvgIpc) is 3.13. The average molecular weight is 429 g/mol. The van der Waals surface area contributed by atoms with Gasteiger partial charge in [0.05, 0.1) is 5.75 Å². The second kappa shape index (κ2) is 9.75. The molecule has 0 spiro atoms. The predicted octanol–water partition coefficient (Wildman–Crippen LogP) is 4.92. The smallest absolute Gasteiger partial charge is 0.234 e. The summed E-state index contributed by atoms with van der Waals surface area (Å²) < 4.78 is 20.9. The summed E-state index contributed by atoms with van der Waals surface area (Å²) in [7, 11) is 0. The van der Waals surface area contributed by atoms with Crippen LogP contribution < -0.4 is 10.1 Å². The number of nitrogens with zero attached hydrogens (tertiary/aromatic N) is 3. The molecule has 0 aliphatic heterocycles. The van der Waals surface area contributed by atoms with Crippen molar-refractivity contribution >= 4 is 23.4 Å². The zero-order valence-electron chi connectivity index (χ0n) is 17.5. The zero-order valence-corrected chi connectivity index (χ0v) is 18.3. The maximum atomic E-state index is 13.1. The van der Waals surface area contributed by atoms with Crippen molar-refractivity contribution < 1.29 is 13.9 Å². The van der Waals surface area contributed by atoms with Gasteiger partial charge in [-0.3, -0.25) is 4.79 Å². The molecule has 6 nitrogen and oxygen atoms in total. The molecular formula is C22H25FN4O2S. The SMILES string of the molecule is CCn1c(SCC(=O)Nc2ccc(C)cc2C)nnc1C(C)Oc1ccc(F)cc1. The highest BCUT2D eigenvalue weighted by atomic mass is 32.2. The molecule has 1 N–H and O–H groups in total. The van der Waals surface area contributed by atoms with Gasteiger partial charge in [-0.05, 0) is 63.6 Å². The minimum Gasteiger partial charge on any atom is -0.483 e. The number of rotatable bonds is 8. The number of carbonyl (C=O) groups is 1. The van der Waals surface area contributed by atoms with E-state index in [0.717, 1.165) is 16.8 Å². The predicted molar refractivity (Wildman–Crippen MR) is 116 cm³/mol. The Kier molecular flexibility index (Phi) is 7.10. The van der Waals surface area contributed by atoms with Crippen molar-refractivity contribution in [3.63, 3.8) is 0 Å². The van der Waals surface area contributed by atoms with Crippen molar-refractivity contribution in [2.24, 2.45) is 0 Å². The van der Waals surface area contributed by atoms with Crippen LogP contribution in [-0.4, -0.2) is 26.4 Å². The number of carbonyl (C=O) groups excluding carboxylic acids is 1. The van der Waals surface area contributed by atoms with Crippen molar-refractivity contribution in [3.8, 4) is 5.75 Å². The number of anilines is 1. The van der Waals surface area contributed by atoms with Gasteiger partial charge < -0.3 is 14.6 Å². The topological polar surface area (TPSA) is 69.0 Å². The summed E-state index contributed by atoms with van der Waals surface area (Å²) in [6.45, 7) is 8.47. The van der Waals surface area contributed by atoms with Crippen LogP contribution in [0.2, 0.25) is 0 Å². The molecule has 8 heteroatoms. The molecule has 0 radical (unpaired) electrons. The Morgan fingerprint density at radius 2 is 1.93 bits per heavy atom. The van der Waals surface area contributed by atoms with E-state index in [9.17, 15) is 9.18 Å². The largest absolute Gasteiger partial charge is 0.483 e. The number of aromatic nitrogens is 3. The molecule has 1 amide bonds. The molecule has 1 atom stereocenters. The van der Waals surface area contributed by atoms with E-state index in [1.54, 1.807) is 12.1 Å². The highest BCUT2D eigenvalue weighted by Gasteiger charge is 2.19. The fraction of sp³-hybridized carbons (Fsp3) is 0.318. The van der Waals surface area contributed by atoms with Crippen LogP contribution >= 0.6 is 11.8 Å². The van der Waals surface area contributed by atoms with Crippen LogP contribution in [0, 0.1) is 19.7 Å². The van der Waals surface area contributed by atoms with Crippen molar-refractivity contribution in [2.45, 2.75) is 45.5 Å². The van der Waals surface area contributed by atoms with Crippen molar-refractivity contribution in [2.75, 3.05) is 11.1 Å². The molecule has 30 heavy (non-hydrogen) atoms. The summed E-state index contributed by atoms with van der Waals surface area (Å²) in [4.78, 5) is 12.4. The first-order chi connectivity index (χ1) is 14.4. The number of ether oxygens (including phenoxy) is 1. The Labute approximate surface area is 179 Å². The lowest BCUT2D eigenvalue weighted by atomic mass is 10.1. The molecule has 3 aromatic rings. The Morgan fingerprint density at radius 1 is 1.20 bits per heavy atom. The Morgan fingerprint density at radius 3 is 2.60 bits per heavy atom. The first kappa shape index (κ1) is 21.8. The van der Waals surface area contributed by atoms with E-state index < -0.39 is 0 Å². The highest BCUT2D eigenvalue weighted by molar-refractivity contribution is 7.99. The summed E-state index contributed by atoms with van der Waals surface area (Å²) in [5.41, 5.74) is 2.99. The molecule has 1 unspecified atom stereocenters. The van der Waals surface area contributed by atoms with Crippen LogP contribution in [0.15, 0.2) is 47.6 Å². The molecule has 0 saturated heterocycles. The number of nitrogens with one attached hydrogen (secondary N) is 1. The van der Waals surface area contributed by atoms with E-state index in [2.05, 4.69) is 15.5 Å². The molecule has 1 heterocycles. The van der Waals surface area contributed by atoms with Gasteiger partial charge in [0, 0.05) is 12.2 Å². The second-order valence-corrected chi connectivity index (χ2v) is 7.90. The molecule has 158 valence electrons. The van der Waals surface area contributed by atoms with E-state index in [4.69, 9.17) is 4.74 Å². The van der Waals surface area contributed by atoms with E-state index in [1.165, 1.54) is 23.9 Å². The van der Waals surface area contributed by atoms with Gasteiger partial charge in [-0.15, -0.1) is 10.2 Å². The van der Waals surface area contributed by atoms with Crippen LogP contribution in [0.25, 0.3) is 0 Å². The van der Waals surface area contributed by atoms with Crippen LogP contribution in [0.4, 0.5) is 10.1 Å². The van der Waals surface area contributed by atoms with E-state index in [0.29, 0.717) is 23.3 Å². The fourth-order valence-corrected chi connectivity index (χ4v) is 3.85. The summed E-state index contributed by atoms with van der Waals surface area (Å²) in [6.07, 6.45) is -0.374. The standard InChI is InChI=1S/C22H25FN4O2S/c1-5-27-21(16(4)29-18-9-7-17(23)8-10-18)25-26-22(27)30-13-20(28)24-19-11-6-14(2)12-15(19)3/h6-12,16H,5,13H2,1-4H3,(H,24,28). The third kappa shape index (κ3) is 5.38. The van der Waals surface area contributed by atoms with Gasteiger partial charge in [-0.2, -0.15) is 0 Å². The number of amides is 1. The molecule has 0 aliphatic carbocycles. The summed E-state index contributed by atoms with van der Waals surface area (Å²) >= 11 is 1.33. The summed E-state index contributed by atoms with van der Waals surface area (Å²) in [5, 5.41) is 12.1. The third-order valence-corrected chi connectivity index (χ3v) is 5.51. The van der Waals surface area contributed by atoms with E-state index in [1.807, 2.05) is 50.5 Å². The molecule has 0 aliphatic rings. The van der Waals surface area contributed by atoms with Crippen LogP contribution in [0.5, 0.6) is 5.75 Å². The first-order valence-electron chi connectivity index (χ1n) is 9.72. The Hall–Kier alpha value is -2.87. The van der Waals surface area contributed by atoms with Crippen molar-refractivity contribution in [1.82, 2.24) is 14.8 Å². The van der Waals surface area contributed by atoms with Crippen LogP contribution in [0.3, 0.4) is 0 Å². The lowest BCUT2D eigenvalue weighted by Crippen LogP contribution is -2.16. The van der Waals surface area contributed by atoms with Crippen LogP contribution in [-0.2, 0) is 11.3 Å². The van der Waals surface area contributed by atoms with E-state index >= 15 is 0 Å². The maximum Gasteiger partial charge on any atom is 0.234 e. The lowest BCUT2D eigenvalue weighted by Gasteiger charge is -2.15. The van der Waals surface area contributed by atoms with Gasteiger partial charge in [0.15, 0.2) is 17.1 Å². The normalized spacial score (nSPS) is 11.9. The monoisotopic (exact) mass is 428 g/mol. The number of halogens is 1. The molecule has 1 aromatic heterocycles. The van der Waals surface area contributed by atoms with Crippen LogP contribution in [0.1, 0.15) is 36.9 Å². The lowest BCUT2D eigenvalue weighted by molar-refractivity contribution is -0.113. The second-order valence-electron chi connectivity index (χ2n) is 6.95. The van der Waals surface area contributed by atoms with Gasteiger partial charge in [-0.25, -0.2) is 4.39 Å². The van der Waals surface area contributed by atoms with E-state index in [-0.39, 0.29) is 23.6 Å². The molecule has 0 fully saturated rings. The van der Waals surface area contributed by atoms with Gasteiger partial charge >= 0.3 is 0 Å². The van der Waals surface area contributed by atoms with Gasteiger partial charge in [0.2, 0.25) is 5.91 Å². The third-order valence-electron chi connectivity index (χ3n) is 4.54. The Balaban J connectivity index is 1.63. The molecular weight excluding hydrogens is 403 g/mol. The van der Waals surface area contributed by atoms with Crippen molar-refractivity contribution in [1.29, 1.82) is 0 Å².